The van der Waals surface area contributed by atoms with Crippen molar-refractivity contribution in [2.24, 2.45) is 11.3 Å². The van der Waals surface area contributed by atoms with Crippen LogP contribution in [-0.4, -0.2) is 101 Å². The molecule has 5 heterocycles. The lowest BCUT2D eigenvalue weighted by Crippen LogP contribution is -2.62. The van der Waals surface area contributed by atoms with Crippen molar-refractivity contribution in [3.05, 3.63) is 88.8 Å². The average molecular weight is 698 g/mol. The minimum atomic E-state index is -0.538. The number of carbonyl (C=O) groups excluding carboxylic acids is 3. The van der Waals surface area contributed by atoms with Gasteiger partial charge in [-0.1, -0.05) is 29.8 Å². The molecule has 1 spiro atoms. The molecule has 1 aromatic carbocycles. The first kappa shape index (κ1) is 34.5. The summed E-state index contributed by atoms with van der Waals surface area (Å²) in [5.74, 6) is -0.147. The zero-order valence-electron chi connectivity index (χ0n) is 29.5. The van der Waals surface area contributed by atoms with Gasteiger partial charge in [-0.25, -0.2) is 19.2 Å². The number of anilines is 1. The molecule has 268 valence electrons. The Hall–Kier alpha value is -4.91. The van der Waals surface area contributed by atoms with E-state index in [1.807, 2.05) is 61.8 Å². The number of benzene rings is 1. The summed E-state index contributed by atoms with van der Waals surface area (Å²) in [5.41, 5.74) is 4.49. The maximum Gasteiger partial charge on any atom is 0.410 e. The van der Waals surface area contributed by atoms with Crippen molar-refractivity contribution in [2.75, 3.05) is 57.4 Å². The van der Waals surface area contributed by atoms with Crippen molar-refractivity contribution in [1.29, 1.82) is 0 Å². The molecule has 1 saturated carbocycles. The van der Waals surface area contributed by atoms with Gasteiger partial charge in [0.2, 0.25) is 11.9 Å². The summed E-state index contributed by atoms with van der Waals surface area (Å²) >= 11 is 0. The second-order valence-electron chi connectivity index (χ2n) is 15.1. The van der Waals surface area contributed by atoms with Crippen molar-refractivity contribution in [3.63, 3.8) is 0 Å². The number of aromatic nitrogens is 3. The quantitative estimate of drug-likeness (QED) is 0.376. The second-order valence-corrected chi connectivity index (χ2v) is 15.1. The van der Waals surface area contributed by atoms with E-state index in [2.05, 4.69) is 20.3 Å². The number of halogens is 1. The summed E-state index contributed by atoms with van der Waals surface area (Å²) < 4.78 is 24.6. The fourth-order valence-electron chi connectivity index (χ4n) is 7.21. The molecule has 1 atom stereocenters. The summed E-state index contributed by atoms with van der Waals surface area (Å²) in [6.07, 6.45) is 4.17. The van der Waals surface area contributed by atoms with Crippen LogP contribution in [-0.2, 0) is 14.3 Å². The number of nitrogens with one attached hydrogen (secondary N) is 1. The molecule has 2 aromatic heterocycles. The van der Waals surface area contributed by atoms with Crippen LogP contribution in [0.5, 0.6) is 0 Å². The first-order valence-electron chi connectivity index (χ1n) is 17.5. The van der Waals surface area contributed by atoms with E-state index in [1.165, 1.54) is 17.8 Å². The van der Waals surface area contributed by atoms with E-state index in [-0.39, 0.29) is 41.0 Å². The number of amides is 3. The molecule has 12 nitrogen and oxygen atoms in total. The van der Waals surface area contributed by atoms with Crippen molar-refractivity contribution in [2.45, 2.75) is 52.2 Å². The topological polar surface area (TPSA) is 130 Å². The molecule has 0 radical (unpaired) electrons. The Morgan fingerprint density at radius 3 is 2.25 bits per heavy atom. The minimum Gasteiger partial charge on any atom is -0.444 e. The number of hydrogen-bond acceptors (Lipinski definition) is 9. The number of allylic oxidation sites excluding steroid dienone is 1. The van der Waals surface area contributed by atoms with Gasteiger partial charge in [0, 0.05) is 56.5 Å². The fourth-order valence-corrected chi connectivity index (χ4v) is 7.21. The van der Waals surface area contributed by atoms with Crippen LogP contribution >= 0.6 is 0 Å². The second kappa shape index (κ2) is 13.7. The van der Waals surface area contributed by atoms with Gasteiger partial charge in [0.05, 0.1) is 37.1 Å². The van der Waals surface area contributed by atoms with Crippen molar-refractivity contribution in [1.82, 2.24) is 30.1 Å². The summed E-state index contributed by atoms with van der Waals surface area (Å²) in [7, 11) is 0. The SMILES string of the molecule is C[C@@H](NC(=O)c1ccnc(N2CCN(C(=O)C3COC3)CC2)n1)c1ccc(C(=C2CC3(C2)CN(C(=O)OC(C)(C)C)C3)c2ccc(F)cn2)cc1. The molecule has 3 aliphatic heterocycles. The summed E-state index contributed by atoms with van der Waals surface area (Å²) in [6.45, 7) is 12.1. The Morgan fingerprint density at radius 1 is 0.941 bits per heavy atom. The van der Waals surface area contributed by atoms with Crippen LogP contribution in [0.1, 0.15) is 73.9 Å². The predicted molar refractivity (Wildman–Crippen MR) is 187 cm³/mol. The molecule has 0 bridgehead atoms. The standard InChI is InChI=1S/C38H44FN7O5/c1-24(42-33(47)31-11-12-40-35(43-31)45-15-13-44(14-16-45)34(48)28-20-50-21-28)25-5-7-26(8-6-25)32(30-10-9-29(39)19-41-30)27-17-38(18-27)22-46(23-38)36(49)51-37(2,3)4/h5-12,19,24,28H,13-18,20-23H2,1-4H3,(H,42,47)/t24-/m1/s1. The molecule has 3 aromatic rings. The molecule has 4 fully saturated rings. The Balaban J connectivity index is 0.992. The van der Waals surface area contributed by atoms with E-state index in [1.54, 1.807) is 23.2 Å². The first-order chi connectivity index (χ1) is 24.4. The fraction of sp³-hybridized carbons (Fsp3) is 0.474. The van der Waals surface area contributed by atoms with Gasteiger partial charge < -0.3 is 29.5 Å². The van der Waals surface area contributed by atoms with Crippen molar-refractivity contribution in [3.8, 4) is 0 Å². The zero-order valence-corrected chi connectivity index (χ0v) is 29.5. The van der Waals surface area contributed by atoms with E-state index < -0.39 is 11.4 Å². The smallest absolute Gasteiger partial charge is 0.410 e. The molecule has 1 aliphatic carbocycles. The third-order valence-corrected chi connectivity index (χ3v) is 10.0. The molecule has 3 amide bonds. The normalized spacial score (nSPS) is 19.1. The molecule has 0 unspecified atom stereocenters. The predicted octanol–water partition coefficient (Wildman–Crippen LogP) is 4.63. The van der Waals surface area contributed by atoms with E-state index in [0.717, 1.165) is 29.5 Å². The van der Waals surface area contributed by atoms with Crippen LogP contribution in [0.15, 0.2) is 60.4 Å². The molecular weight excluding hydrogens is 653 g/mol. The van der Waals surface area contributed by atoms with E-state index in [9.17, 15) is 18.8 Å². The van der Waals surface area contributed by atoms with Crippen molar-refractivity contribution < 1.29 is 28.2 Å². The number of rotatable bonds is 7. The lowest BCUT2D eigenvalue weighted by Gasteiger charge is -2.57. The van der Waals surface area contributed by atoms with Gasteiger partial charge in [0.1, 0.15) is 17.1 Å². The third-order valence-electron chi connectivity index (χ3n) is 10.0. The molecular formula is C38H44FN7O5. The average Bonchev–Trinajstić information content (AvgIpc) is 3.04. The largest absolute Gasteiger partial charge is 0.444 e. The highest BCUT2D eigenvalue weighted by atomic mass is 19.1. The lowest BCUT2D eigenvalue weighted by atomic mass is 9.59. The van der Waals surface area contributed by atoms with Crippen LogP contribution in [0.2, 0.25) is 0 Å². The molecule has 4 aliphatic rings. The van der Waals surface area contributed by atoms with Gasteiger partial charge in [0.15, 0.2) is 0 Å². The number of ether oxygens (including phenoxy) is 2. The van der Waals surface area contributed by atoms with Gasteiger partial charge >= 0.3 is 6.09 Å². The van der Waals surface area contributed by atoms with E-state index >= 15 is 0 Å². The Kier molecular flexibility index (Phi) is 9.25. The van der Waals surface area contributed by atoms with Gasteiger partial charge in [-0.15, -0.1) is 0 Å². The summed E-state index contributed by atoms with van der Waals surface area (Å²) in [4.78, 5) is 57.4. The zero-order chi connectivity index (χ0) is 35.9. The van der Waals surface area contributed by atoms with Crippen LogP contribution < -0.4 is 10.2 Å². The van der Waals surface area contributed by atoms with Crippen LogP contribution in [0.3, 0.4) is 0 Å². The number of likely N-dealkylation sites (tertiary alicyclic amines) is 1. The summed E-state index contributed by atoms with van der Waals surface area (Å²) in [6, 6.07) is 12.4. The maximum atomic E-state index is 13.8. The lowest BCUT2D eigenvalue weighted by molar-refractivity contribution is -0.150. The number of hydrogen-bond donors (Lipinski definition) is 1. The highest BCUT2D eigenvalue weighted by Gasteiger charge is 2.53. The Morgan fingerprint density at radius 2 is 1.65 bits per heavy atom. The number of carbonyl (C=O) groups is 3. The summed E-state index contributed by atoms with van der Waals surface area (Å²) in [5, 5.41) is 3.05. The number of nitrogens with zero attached hydrogens (tertiary/aromatic N) is 6. The third kappa shape index (κ3) is 7.44. The Bertz CT molecular complexity index is 1810. The number of pyridine rings is 1. The number of piperazine rings is 1. The van der Waals surface area contributed by atoms with Crippen LogP contribution in [0.25, 0.3) is 5.57 Å². The van der Waals surface area contributed by atoms with Gasteiger partial charge in [-0.2, -0.15) is 0 Å². The molecule has 3 saturated heterocycles. The van der Waals surface area contributed by atoms with Gasteiger partial charge in [-0.05, 0) is 69.9 Å². The first-order valence-corrected chi connectivity index (χ1v) is 17.5. The van der Waals surface area contributed by atoms with E-state index in [0.29, 0.717) is 64.1 Å². The molecule has 7 rings (SSSR count). The van der Waals surface area contributed by atoms with Crippen LogP contribution in [0.4, 0.5) is 15.1 Å². The highest BCUT2D eigenvalue weighted by molar-refractivity contribution is 5.92. The maximum absolute atomic E-state index is 13.8. The molecule has 51 heavy (non-hydrogen) atoms. The molecule has 13 heteroatoms. The Labute approximate surface area is 297 Å². The van der Waals surface area contributed by atoms with Gasteiger partial charge in [-0.3, -0.25) is 14.6 Å². The van der Waals surface area contributed by atoms with E-state index in [4.69, 9.17) is 9.47 Å². The van der Waals surface area contributed by atoms with Gasteiger partial charge in [0.25, 0.3) is 5.91 Å². The van der Waals surface area contributed by atoms with Crippen molar-refractivity contribution >= 4 is 29.4 Å². The monoisotopic (exact) mass is 697 g/mol. The minimum absolute atomic E-state index is 0.0237. The van der Waals surface area contributed by atoms with Crippen LogP contribution in [0, 0.1) is 17.2 Å². The highest BCUT2D eigenvalue weighted by Crippen LogP contribution is 2.54. The molecule has 1 N–H and O–H groups in total.